The molecule has 0 bridgehead atoms. The fraction of sp³-hybridized carbons (Fsp3) is 0.321. The van der Waals surface area contributed by atoms with Gasteiger partial charge in [0.1, 0.15) is 11.6 Å². The first-order valence-electron chi connectivity index (χ1n) is 12.5. The van der Waals surface area contributed by atoms with Gasteiger partial charge in [-0.1, -0.05) is 6.92 Å². The van der Waals surface area contributed by atoms with E-state index in [1.165, 1.54) is 0 Å². The topological polar surface area (TPSA) is 119 Å². The molecule has 0 unspecified atom stereocenters. The van der Waals surface area contributed by atoms with Crippen molar-refractivity contribution in [2.75, 3.05) is 25.6 Å². The first-order chi connectivity index (χ1) is 18.0. The second-order valence-corrected chi connectivity index (χ2v) is 9.21. The number of hydrogen-bond donors (Lipinski definition) is 3. The van der Waals surface area contributed by atoms with Crippen LogP contribution in [0.1, 0.15) is 36.5 Å². The molecule has 37 heavy (non-hydrogen) atoms. The second kappa shape index (κ2) is 10.5. The number of nitrogens with two attached hydrogens (primary N) is 1. The van der Waals surface area contributed by atoms with E-state index in [9.17, 15) is 5.11 Å². The van der Waals surface area contributed by atoms with Crippen molar-refractivity contribution in [1.82, 2.24) is 14.6 Å². The van der Waals surface area contributed by atoms with Gasteiger partial charge in [0, 0.05) is 42.7 Å². The molecule has 4 N–H and O–H groups in total. The second-order valence-electron chi connectivity index (χ2n) is 9.21. The number of ether oxygens (including phenoxy) is 2. The number of aryl methyl sites for hydroxylation is 2. The van der Waals surface area contributed by atoms with Gasteiger partial charge in [0.15, 0.2) is 0 Å². The van der Waals surface area contributed by atoms with Gasteiger partial charge in [-0.15, -0.1) is 0 Å². The Morgan fingerprint density at radius 3 is 2.89 bits per heavy atom. The summed E-state index contributed by atoms with van der Waals surface area (Å²) in [5, 5.41) is 18.1. The molecule has 9 heteroatoms. The van der Waals surface area contributed by atoms with Crippen molar-refractivity contribution in [3.63, 3.8) is 0 Å². The summed E-state index contributed by atoms with van der Waals surface area (Å²) >= 11 is 0. The van der Waals surface area contributed by atoms with Crippen LogP contribution < -0.4 is 15.8 Å². The summed E-state index contributed by atoms with van der Waals surface area (Å²) in [6.45, 7) is 5.49. The number of nitrogens with zero attached hydrogens (tertiary/aromatic N) is 4. The molecule has 0 aliphatic carbocycles. The molecule has 4 heterocycles. The minimum atomic E-state index is 0.144. The largest absolute Gasteiger partial charge is 0.508 e. The zero-order chi connectivity index (χ0) is 25.9. The molecule has 3 aromatic heterocycles. The van der Waals surface area contributed by atoms with Gasteiger partial charge in [-0.3, -0.25) is 0 Å². The third-order valence-electron chi connectivity index (χ3n) is 6.73. The highest BCUT2D eigenvalue weighted by Gasteiger charge is 2.20. The first kappa shape index (κ1) is 24.6. The number of fused-ring (bicyclic) bond motifs is 1. The molecule has 1 aliphatic rings. The van der Waals surface area contributed by atoms with Crippen molar-refractivity contribution >= 4 is 22.7 Å². The van der Waals surface area contributed by atoms with Gasteiger partial charge >= 0.3 is 0 Å². The summed E-state index contributed by atoms with van der Waals surface area (Å²) in [6.07, 6.45) is 8.48. The van der Waals surface area contributed by atoms with E-state index in [2.05, 4.69) is 21.5 Å². The van der Waals surface area contributed by atoms with E-state index in [1.54, 1.807) is 31.5 Å². The van der Waals surface area contributed by atoms with Crippen molar-refractivity contribution in [3.05, 3.63) is 65.6 Å². The molecule has 1 fully saturated rings. The number of amidine groups is 1. The van der Waals surface area contributed by atoms with E-state index >= 15 is 0 Å². The van der Waals surface area contributed by atoms with Crippen LogP contribution in [0.5, 0.6) is 11.6 Å². The van der Waals surface area contributed by atoms with E-state index in [1.807, 2.05) is 36.8 Å². The Labute approximate surface area is 216 Å². The maximum absolute atomic E-state index is 9.88. The highest BCUT2D eigenvalue weighted by Crippen LogP contribution is 2.32. The predicted octanol–water partition coefficient (Wildman–Crippen LogP) is 4.61. The lowest BCUT2D eigenvalue weighted by atomic mass is 10.1. The molecule has 0 saturated carbocycles. The maximum atomic E-state index is 9.88. The molecular weight excluding hydrogens is 468 g/mol. The van der Waals surface area contributed by atoms with E-state index < -0.39 is 0 Å². The summed E-state index contributed by atoms with van der Waals surface area (Å²) in [4.78, 5) is 9.12. The fourth-order valence-corrected chi connectivity index (χ4v) is 4.70. The predicted molar refractivity (Wildman–Crippen MR) is 145 cm³/mol. The lowest BCUT2D eigenvalue weighted by Crippen LogP contribution is -2.22. The molecule has 4 aromatic rings. The molecule has 9 nitrogen and oxygen atoms in total. The average Bonchev–Trinajstić information content (AvgIpc) is 3.58. The molecule has 192 valence electrons. The quantitative estimate of drug-likeness (QED) is 0.239. The molecule has 1 aliphatic heterocycles. The van der Waals surface area contributed by atoms with Gasteiger partial charge < -0.3 is 25.6 Å². The molecule has 1 atom stereocenters. The highest BCUT2D eigenvalue weighted by molar-refractivity contribution is 6.06. The Morgan fingerprint density at radius 2 is 2.16 bits per heavy atom. The normalized spacial score (nSPS) is 15.9. The SMILES string of the molecule is CCc1cc(O)ccc1/N=C(\N)c1cnn2cc(-c3cnc(OC)cc3C)cc2c1NC[C@@H]1CCCO1. The van der Waals surface area contributed by atoms with Gasteiger partial charge in [-0.2, -0.15) is 5.10 Å². The number of nitrogens with one attached hydrogen (secondary N) is 1. The van der Waals surface area contributed by atoms with Crippen LogP contribution in [0.15, 0.2) is 53.9 Å². The summed E-state index contributed by atoms with van der Waals surface area (Å²) < 4.78 is 13.0. The van der Waals surface area contributed by atoms with Gasteiger partial charge in [0.2, 0.25) is 5.88 Å². The van der Waals surface area contributed by atoms with Gasteiger partial charge in [-0.25, -0.2) is 14.5 Å². The first-order valence-corrected chi connectivity index (χ1v) is 12.5. The fourth-order valence-electron chi connectivity index (χ4n) is 4.70. The van der Waals surface area contributed by atoms with Crippen molar-refractivity contribution in [1.29, 1.82) is 0 Å². The lowest BCUT2D eigenvalue weighted by molar-refractivity contribution is 0.120. The standard InChI is InChI=1S/C28H32N6O3/c1-4-18-11-20(35)7-8-24(18)33-28(29)23-15-32-34-16-19(22-14-30-26(36-3)10-17(22)2)12-25(34)27(23)31-13-21-6-5-9-37-21/h7-8,10-12,14-16,21,31,35H,4-6,9,13H2,1-3H3,(H2,29,33)/t21-/m0/s1. The number of aliphatic imine (C=N–C) groups is 1. The zero-order valence-electron chi connectivity index (χ0n) is 21.4. The van der Waals surface area contributed by atoms with E-state index in [0.717, 1.165) is 65.0 Å². The molecule has 5 rings (SSSR count). The van der Waals surface area contributed by atoms with Crippen LogP contribution in [0.3, 0.4) is 0 Å². The number of aromatic hydroxyl groups is 1. The van der Waals surface area contributed by atoms with Crippen LogP contribution >= 0.6 is 0 Å². The smallest absolute Gasteiger partial charge is 0.213 e. The summed E-state index contributed by atoms with van der Waals surface area (Å²) in [7, 11) is 1.61. The molecule has 1 saturated heterocycles. The molecule has 0 radical (unpaired) electrons. The number of methoxy groups -OCH3 is 1. The van der Waals surface area contributed by atoms with Gasteiger partial charge in [0.05, 0.1) is 41.9 Å². The number of anilines is 1. The summed E-state index contributed by atoms with van der Waals surface area (Å²) in [5.74, 6) is 1.13. The number of aromatic nitrogens is 3. The average molecular weight is 501 g/mol. The monoisotopic (exact) mass is 500 g/mol. The number of benzene rings is 1. The van der Waals surface area contributed by atoms with E-state index in [-0.39, 0.29) is 11.9 Å². The third-order valence-corrected chi connectivity index (χ3v) is 6.73. The van der Waals surface area contributed by atoms with Gasteiger partial charge in [0.25, 0.3) is 0 Å². The number of phenols is 1. The minimum absolute atomic E-state index is 0.144. The van der Waals surface area contributed by atoms with Crippen LogP contribution in [0.25, 0.3) is 16.6 Å². The molecule has 0 spiro atoms. The van der Waals surface area contributed by atoms with E-state index in [4.69, 9.17) is 20.2 Å². The van der Waals surface area contributed by atoms with Gasteiger partial charge in [-0.05, 0) is 61.6 Å². The van der Waals surface area contributed by atoms with Crippen molar-refractivity contribution < 1.29 is 14.6 Å². The number of hydrogen-bond acceptors (Lipinski definition) is 7. The van der Waals surface area contributed by atoms with Crippen LogP contribution in [0, 0.1) is 6.92 Å². The number of rotatable bonds is 8. The molecular formula is C28H32N6O3. The summed E-state index contributed by atoms with van der Waals surface area (Å²) in [6, 6.07) is 9.11. The maximum Gasteiger partial charge on any atom is 0.213 e. The van der Waals surface area contributed by atoms with Crippen LogP contribution in [-0.2, 0) is 11.2 Å². The Bertz CT molecular complexity index is 1460. The highest BCUT2D eigenvalue weighted by atomic mass is 16.5. The Balaban J connectivity index is 1.59. The molecule has 1 aromatic carbocycles. The summed E-state index contributed by atoms with van der Waals surface area (Å²) in [5.41, 5.74) is 13.7. The Hall–Kier alpha value is -4.11. The Morgan fingerprint density at radius 1 is 1.30 bits per heavy atom. The van der Waals surface area contributed by atoms with Crippen molar-refractivity contribution in [2.45, 2.75) is 39.2 Å². The zero-order valence-corrected chi connectivity index (χ0v) is 21.4. The van der Waals surface area contributed by atoms with Crippen LogP contribution in [-0.4, -0.2) is 51.9 Å². The van der Waals surface area contributed by atoms with Crippen molar-refractivity contribution in [3.8, 4) is 22.8 Å². The Kier molecular flexibility index (Phi) is 6.96. The van der Waals surface area contributed by atoms with Crippen LogP contribution in [0.2, 0.25) is 0 Å². The van der Waals surface area contributed by atoms with E-state index in [0.29, 0.717) is 23.8 Å². The molecule has 0 amide bonds. The van der Waals surface area contributed by atoms with Crippen molar-refractivity contribution in [2.24, 2.45) is 10.7 Å². The lowest BCUT2D eigenvalue weighted by Gasteiger charge is -2.16. The number of pyridine rings is 1. The van der Waals surface area contributed by atoms with Crippen LogP contribution in [0.4, 0.5) is 11.4 Å². The minimum Gasteiger partial charge on any atom is -0.508 e. The number of phenolic OH excluding ortho intramolecular Hbond substituents is 1. The third kappa shape index (κ3) is 5.08.